The Kier molecular flexibility index (Phi) is 16.4. The number of phenols is 2. The maximum absolute atomic E-state index is 11.8. The van der Waals surface area contributed by atoms with Crippen LogP contribution in [0.2, 0.25) is 10.6 Å². The smallest absolute Gasteiger partial charge is 0.235 e. The van der Waals surface area contributed by atoms with E-state index in [1.165, 1.54) is 21.9 Å². The lowest BCUT2D eigenvalue weighted by atomic mass is 9.99. The van der Waals surface area contributed by atoms with E-state index in [4.69, 9.17) is 33.9 Å². The van der Waals surface area contributed by atoms with Gasteiger partial charge in [-0.15, -0.1) is 15.3 Å². The molecule has 22 heteroatoms. The number of rotatable bonds is 15. The summed E-state index contributed by atoms with van der Waals surface area (Å²) < 4.78 is 0. The lowest BCUT2D eigenvalue weighted by molar-refractivity contribution is 0.266. The van der Waals surface area contributed by atoms with E-state index in [0.717, 1.165) is 79.5 Å². The summed E-state index contributed by atoms with van der Waals surface area (Å²) in [5.41, 5.74) is 19.3. The summed E-state index contributed by atoms with van der Waals surface area (Å²) in [4.78, 5) is 33.4. The Balaban J connectivity index is 0.663. The second kappa shape index (κ2) is 24.6. The molecule has 0 spiro atoms. The second-order valence-corrected chi connectivity index (χ2v) is 23.2. The van der Waals surface area contributed by atoms with E-state index in [1.807, 2.05) is 132 Å². The molecule has 0 unspecified atom stereocenters. The number of aryl methyl sites for hydroxylation is 8. The Morgan fingerprint density at radius 1 is 0.517 bits per heavy atom. The van der Waals surface area contributed by atoms with Crippen LogP contribution in [0.5, 0.6) is 11.5 Å². The van der Waals surface area contributed by atoms with Gasteiger partial charge in [-0.3, -0.25) is 4.90 Å². The van der Waals surface area contributed by atoms with Gasteiger partial charge in [0.2, 0.25) is 34.4 Å². The molecule has 1 aliphatic heterocycles. The van der Waals surface area contributed by atoms with Crippen molar-refractivity contribution >= 4 is 141 Å². The summed E-state index contributed by atoms with van der Waals surface area (Å²) in [7, 11) is 1.87. The summed E-state index contributed by atoms with van der Waals surface area (Å²) >= 11 is 13.0. The van der Waals surface area contributed by atoms with Gasteiger partial charge in [0.15, 0.2) is 11.5 Å². The first kappa shape index (κ1) is 59.3. The van der Waals surface area contributed by atoms with E-state index in [0.29, 0.717) is 83.1 Å². The Bertz CT molecular complexity index is 4740. The van der Waals surface area contributed by atoms with Crippen molar-refractivity contribution in [3.05, 3.63) is 170 Å². The molecule has 0 bridgehead atoms. The molecule has 0 saturated carbocycles. The number of fused-ring (bicyclic) bond motifs is 4. The van der Waals surface area contributed by atoms with Gasteiger partial charge in [-0.25, -0.2) is 0 Å². The van der Waals surface area contributed by atoms with Gasteiger partial charge in [-0.05, 0) is 216 Å². The molecule has 0 atom stereocenters. The zero-order valence-electron chi connectivity index (χ0n) is 50.6. The minimum Gasteiger partial charge on any atom is -0.505 e. The number of aromatic nitrogens is 6. The number of piperazine rings is 1. The normalized spacial score (nSPS) is 13.2. The highest BCUT2D eigenvalue weighted by atomic mass is 35.5. The lowest BCUT2D eigenvalue weighted by Crippen LogP contribution is -2.48. The molecule has 11 aromatic rings. The fraction of sp³-hybridized carbons (Fsp3) is 0.224. The zero-order chi connectivity index (χ0) is 62.4. The predicted octanol–water partition coefficient (Wildman–Crippen LogP) is 17.4. The first-order chi connectivity index (χ1) is 42.8. The number of halogens is 2. The van der Waals surface area contributed by atoms with E-state index in [9.17, 15) is 10.2 Å². The van der Waals surface area contributed by atoms with Gasteiger partial charge in [0.05, 0.1) is 28.1 Å². The van der Waals surface area contributed by atoms with Crippen molar-refractivity contribution < 1.29 is 10.2 Å². The SMILES string of the molecule is Cc1ccc(Nc2nc(Cl)nc(NCCN3CCN(c4nc(Cl)nc(N(C)c5ccc6c(O)c(N=Nc7ccc8c(C)cccc8c7C)c(C)cc6c5)n4)CC3)n2)cc1N=Nc1c(C)cc2cc(C)c(N=Nc3ccc4c(C)cccc4c3C)c(N)c2c1O. The number of nitrogens with two attached hydrogens (primary N) is 1. The standard InChI is InChI=1S/C67H64Cl2N18O2/c1-35-12-10-14-49-41(7)52(22-20-47(35)49)79-82-57-38(4)31-44-32-40(6)59(61(89)55(44)56(57)70)84-81-54-34-45(17-16-37(54)3)72-65-74-62(68)73-64(77-65)71-24-25-86-26-28-87(29-27-86)67-76-63(69)75-66(78-67)85(9)46-18-19-51-43(33-46)30-39(5)58(60(51)88)83-80-53-23-21-48-36(2)13-11-15-50(48)42(53)8/h10-23,30-34,88-89H,24-29,70H2,1-9H3,(H2,71,72,73,74,77). The van der Waals surface area contributed by atoms with Crippen molar-refractivity contribution in [3.63, 3.8) is 0 Å². The van der Waals surface area contributed by atoms with Crippen LogP contribution in [0.15, 0.2) is 146 Å². The van der Waals surface area contributed by atoms with Crippen LogP contribution in [0.4, 0.5) is 75.0 Å². The number of hydrogen-bond donors (Lipinski definition) is 5. The molecule has 6 N–H and O–H groups in total. The van der Waals surface area contributed by atoms with Gasteiger partial charge in [0, 0.05) is 63.1 Å². The lowest BCUT2D eigenvalue weighted by Gasteiger charge is -2.34. The molecule has 9 aromatic carbocycles. The van der Waals surface area contributed by atoms with Crippen LogP contribution in [-0.4, -0.2) is 91.3 Å². The highest BCUT2D eigenvalue weighted by molar-refractivity contribution is 6.28. The summed E-state index contributed by atoms with van der Waals surface area (Å²) in [5, 5.41) is 64.7. The van der Waals surface area contributed by atoms with Gasteiger partial charge < -0.3 is 36.4 Å². The van der Waals surface area contributed by atoms with E-state index in [1.54, 1.807) is 0 Å². The fourth-order valence-corrected chi connectivity index (χ4v) is 11.7. The molecule has 448 valence electrons. The maximum Gasteiger partial charge on any atom is 0.235 e. The van der Waals surface area contributed by atoms with Crippen LogP contribution < -0.4 is 26.2 Å². The number of benzene rings is 9. The Morgan fingerprint density at radius 2 is 1.09 bits per heavy atom. The molecule has 1 aliphatic rings. The highest BCUT2D eigenvalue weighted by Crippen LogP contribution is 2.47. The van der Waals surface area contributed by atoms with E-state index in [-0.39, 0.29) is 39.4 Å². The number of aromatic hydroxyl groups is 2. The fourth-order valence-electron chi connectivity index (χ4n) is 11.4. The summed E-state index contributed by atoms with van der Waals surface area (Å²) in [6.45, 7) is 19.9. The molecule has 89 heavy (non-hydrogen) atoms. The van der Waals surface area contributed by atoms with Gasteiger partial charge in [-0.1, -0.05) is 54.6 Å². The number of azo groups is 3. The van der Waals surface area contributed by atoms with Crippen molar-refractivity contribution in [2.45, 2.75) is 55.4 Å². The van der Waals surface area contributed by atoms with Gasteiger partial charge in [0.1, 0.15) is 17.1 Å². The molecular formula is C67H64Cl2N18O2. The molecule has 3 heterocycles. The number of anilines is 7. The number of phenolic OH excluding ortho intramolecular Hbond substituents is 2. The monoisotopic (exact) mass is 1220 g/mol. The van der Waals surface area contributed by atoms with Crippen molar-refractivity contribution in [3.8, 4) is 11.5 Å². The molecule has 0 radical (unpaired) electrons. The summed E-state index contributed by atoms with van der Waals surface area (Å²) in [5.74, 6) is 1.34. The Morgan fingerprint density at radius 3 is 1.75 bits per heavy atom. The summed E-state index contributed by atoms with van der Waals surface area (Å²) in [6.07, 6.45) is 0. The first-order valence-electron chi connectivity index (χ1n) is 29.1. The molecule has 12 rings (SSSR count). The van der Waals surface area contributed by atoms with Crippen LogP contribution in [-0.2, 0) is 0 Å². The quantitative estimate of drug-likeness (QED) is 0.0473. The Labute approximate surface area is 524 Å². The van der Waals surface area contributed by atoms with Crippen molar-refractivity contribution in [1.29, 1.82) is 0 Å². The topological polar surface area (TPSA) is 252 Å². The number of hydrogen-bond acceptors (Lipinski definition) is 20. The molecule has 0 aliphatic carbocycles. The third kappa shape index (κ3) is 12.1. The minimum atomic E-state index is -0.107. The third-order valence-corrected chi connectivity index (χ3v) is 16.9. The molecule has 20 nitrogen and oxygen atoms in total. The van der Waals surface area contributed by atoms with Crippen LogP contribution in [0.3, 0.4) is 0 Å². The number of nitrogens with zero attached hydrogens (tertiary/aromatic N) is 15. The van der Waals surface area contributed by atoms with Gasteiger partial charge in [0.25, 0.3) is 0 Å². The zero-order valence-corrected chi connectivity index (χ0v) is 52.2. The predicted molar refractivity (Wildman–Crippen MR) is 359 cm³/mol. The average molecular weight is 1220 g/mol. The summed E-state index contributed by atoms with van der Waals surface area (Å²) in [6, 6.07) is 37.7. The van der Waals surface area contributed by atoms with E-state index < -0.39 is 0 Å². The minimum absolute atomic E-state index is 0.0119. The highest BCUT2D eigenvalue weighted by Gasteiger charge is 2.24. The third-order valence-electron chi connectivity index (χ3n) is 16.6. The second-order valence-electron chi connectivity index (χ2n) is 22.5. The molecule has 1 saturated heterocycles. The van der Waals surface area contributed by atoms with E-state index >= 15 is 0 Å². The average Bonchev–Trinajstić information content (AvgIpc) is 1.02. The molecule has 0 amide bonds. The molecular weight excluding hydrogens is 1160 g/mol. The van der Waals surface area contributed by atoms with Crippen LogP contribution in [0.25, 0.3) is 43.1 Å². The van der Waals surface area contributed by atoms with Crippen molar-refractivity contribution in [2.24, 2.45) is 30.7 Å². The van der Waals surface area contributed by atoms with Gasteiger partial charge >= 0.3 is 0 Å². The van der Waals surface area contributed by atoms with Crippen LogP contribution >= 0.6 is 23.2 Å². The largest absolute Gasteiger partial charge is 0.505 e. The van der Waals surface area contributed by atoms with E-state index in [2.05, 4.69) is 126 Å². The number of nitrogens with one attached hydrogen (secondary N) is 2. The maximum atomic E-state index is 11.8. The van der Waals surface area contributed by atoms with Crippen LogP contribution in [0, 0.1) is 55.4 Å². The molecule has 1 fully saturated rings. The number of nitrogen functional groups attached to an aromatic ring is 1. The Hall–Kier alpha value is -10.0. The first-order valence-corrected chi connectivity index (χ1v) is 29.8. The van der Waals surface area contributed by atoms with Crippen molar-refractivity contribution in [2.75, 3.05) is 72.5 Å². The van der Waals surface area contributed by atoms with Crippen molar-refractivity contribution in [1.82, 2.24) is 34.8 Å². The van der Waals surface area contributed by atoms with Gasteiger partial charge in [-0.2, -0.15) is 45.2 Å². The van der Waals surface area contributed by atoms with Crippen LogP contribution in [0.1, 0.15) is 44.5 Å². The molecule has 2 aromatic heterocycles.